The first kappa shape index (κ1) is 63.2. The maximum absolute atomic E-state index is 7.13. The normalized spacial score (nSPS) is 21.8. The monoisotopic (exact) mass is 1220 g/mol. The number of nitrogens with zero attached hydrogens (tertiary/aromatic N) is 3. The second-order valence-electron chi connectivity index (χ2n) is 21.9. The molecule has 10 atom stereocenters. The highest BCUT2D eigenvalue weighted by atomic mass is 32.2. The summed E-state index contributed by atoms with van der Waals surface area (Å²) >= 11 is 1.58. The molecular weight excluding hydrogens is 1140 g/mol. The van der Waals surface area contributed by atoms with E-state index in [4.69, 9.17) is 56.8 Å². The van der Waals surface area contributed by atoms with E-state index in [1.165, 1.54) is 0 Å². The summed E-state index contributed by atoms with van der Waals surface area (Å²) in [6, 6.07) is 76.7. The second kappa shape index (κ2) is 33.4. The highest BCUT2D eigenvalue weighted by Crippen LogP contribution is 2.39. The molecule has 2 aliphatic rings. The molecule has 8 aromatic carbocycles. The fraction of sp³-hybridized carbons (Fsp3) is 0.315. The van der Waals surface area contributed by atoms with E-state index in [2.05, 4.69) is 71.0 Å². The van der Waals surface area contributed by atoms with E-state index in [1.54, 1.807) is 26.0 Å². The molecule has 1 aromatic heterocycles. The van der Waals surface area contributed by atoms with Crippen molar-refractivity contribution >= 4 is 11.8 Å². The summed E-state index contributed by atoms with van der Waals surface area (Å²) in [4.78, 5) is 1.02. The van der Waals surface area contributed by atoms with Gasteiger partial charge in [-0.3, -0.25) is 0 Å². The fourth-order valence-corrected chi connectivity index (χ4v) is 12.1. The summed E-state index contributed by atoms with van der Waals surface area (Å²) in [7, 11) is 3.27. The quantitative estimate of drug-likeness (QED) is 0.0394. The molecule has 15 nitrogen and oxygen atoms in total. The molecule has 0 saturated carbocycles. The van der Waals surface area contributed by atoms with Crippen LogP contribution in [0, 0.1) is 0 Å². The number of hydrogen-bond donors (Lipinski definition) is 0. The maximum atomic E-state index is 7.13. The molecule has 0 aliphatic carbocycles. The molecule has 0 bridgehead atoms. The van der Waals surface area contributed by atoms with Crippen LogP contribution in [0.5, 0.6) is 5.75 Å². The predicted octanol–water partition coefficient (Wildman–Crippen LogP) is 12.8. The number of ether oxygens (including phenoxy) is 12. The Balaban J connectivity index is 0.833. The fourth-order valence-electron chi connectivity index (χ4n) is 10.9. The molecule has 11 rings (SSSR count). The van der Waals surface area contributed by atoms with Crippen LogP contribution in [0.4, 0.5) is 0 Å². The molecule has 16 heteroatoms. The van der Waals surface area contributed by atoms with Gasteiger partial charge < -0.3 is 56.8 Å². The molecule has 2 saturated heterocycles. The van der Waals surface area contributed by atoms with Crippen molar-refractivity contribution in [2.75, 3.05) is 27.4 Å². The van der Waals surface area contributed by atoms with Gasteiger partial charge in [0.2, 0.25) is 0 Å². The third kappa shape index (κ3) is 18.4. The maximum Gasteiger partial charge on any atom is 0.186 e. The van der Waals surface area contributed by atoms with Crippen molar-refractivity contribution in [3.63, 3.8) is 0 Å². The topological polar surface area (TPSA) is 141 Å². The highest BCUT2D eigenvalue weighted by Gasteiger charge is 2.50. The van der Waals surface area contributed by atoms with Crippen LogP contribution in [0.2, 0.25) is 0 Å². The lowest BCUT2D eigenvalue weighted by molar-refractivity contribution is -0.323. The zero-order valence-electron chi connectivity index (χ0n) is 50.2. The first-order valence-corrected chi connectivity index (χ1v) is 31.1. The second-order valence-corrected chi connectivity index (χ2v) is 23.1. The summed E-state index contributed by atoms with van der Waals surface area (Å²) in [6.45, 7) is 3.16. The van der Waals surface area contributed by atoms with Crippen molar-refractivity contribution in [1.29, 1.82) is 0 Å². The van der Waals surface area contributed by atoms with Crippen LogP contribution < -0.4 is 4.74 Å². The molecule has 9 aromatic rings. The number of rotatable bonds is 32. The number of aromatic nitrogens is 3. The van der Waals surface area contributed by atoms with E-state index in [-0.39, 0.29) is 26.4 Å². The van der Waals surface area contributed by atoms with E-state index < -0.39 is 60.6 Å². The van der Waals surface area contributed by atoms with Crippen molar-refractivity contribution < 1.29 is 56.8 Å². The molecule has 3 heterocycles. The third-order valence-electron chi connectivity index (χ3n) is 15.5. The lowest BCUT2D eigenvalue weighted by Crippen LogP contribution is -2.61. The molecule has 462 valence electrons. The van der Waals surface area contributed by atoms with Crippen LogP contribution >= 0.6 is 11.8 Å². The molecule has 0 spiro atoms. The van der Waals surface area contributed by atoms with Crippen LogP contribution in [-0.4, -0.2) is 103 Å². The Morgan fingerprint density at radius 2 is 0.809 bits per heavy atom. The van der Waals surface area contributed by atoms with Gasteiger partial charge in [0.15, 0.2) is 6.29 Å². The van der Waals surface area contributed by atoms with E-state index in [1.807, 2.05) is 181 Å². The van der Waals surface area contributed by atoms with E-state index in [0.29, 0.717) is 51.9 Å². The van der Waals surface area contributed by atoms with Crippen molar-refractivity contribution in [3.8, 4) is 5.75 Å². The van der Waals surface area contributed by atoms with Crippen LogP contribution in [0.1, 0.15) is 50.2 Å². The number of hydrogen-bond acceptors (Lipinski definition) is 15. The van der Waals surface area contributed by atoms with Crippen molar-refractivity contribution in [2.45, 2.75) is 125 Å². The minimum Gasteiger partial charge on any atom is -0.497 e. The summed E-state index contributed by atoms with van der Waals surface area (Å²) in [5.41, 5.74) is 8.11. The third-order valence-corrected chi connectivity index (χ3v) is 16.7. The average Bonchev–Trinajstić information content (AvgIpc) is 1.56. The Morgan fingerprint density at radius 1 is 0.393 bits per heavy atom. The van der Waals surface area contributed by atoms with Crippen LogP contribution in [-0.2, 0) is 112 Å². The Hall–Kier alpha value is -7.39. The van der Waals surface area contributed by atoms with Gasteiger partial charge in [-0.25, -0.2) is 4.68 Å². The number of thioether (sulfide) groups is 1. The smallest absolute Gasteiger partial charge is 0.186 e. The van der Waals surface area contributed by atoms with Crippen molar-refractivity contribution in [3.05, 3.63) is 287 Å². The van der Waals surface area contributed by atoms with Gasteiger partial charge in [-0.1, -0.05) is 223 Å². The first-order chi connectivity index (χ1) is 44.0. The number of benzene rings is 8. The van der Waals surface area contributed by atoms with Gasteiger partial charge in [0, 0.05) is 12.0 Å². The van der Waals surface area contributed by atoms with Gasteiger partial charge in [-0.2, -0.15) is 0 Å². The molecule has 0 unspecified atom stereocenters. The highest BCUT2D eigenvalue weighted by molar-refractivity contribution is 7.99. The van der Waals surface area contributed by atoms with Gasteiger partial charge in [-0.15, -0.1) is 5.10 Å². The lowest BCUT2D eigenvalue weighted by Gasteiger charge is -2.46. The molecule has 2 fully saturated rings. The molecule has 89 heavy (non-hydrogen) atoms. The van der Waals surface area contributed by atoms with Gasteiger partial charge in [0.05, 0.1) is 85.9 Å². The largest absolute Gasteiger partial charge is 0.497 e. The summed E-state index contributed by atoms with van der Waals surface area (Å²) in [5.74, 6) is 0.769. The van der Waals surface area contributed by atoms with Crippen LogP contribution in [0.15, 0.2) is 242 Å². The summed E-state index contributed by atoms with van der Waals surface area (Å²) < 4.78 is 81.9. The lowest BCUT2D eigenvalue weighted by atomic mass is 9.97. The van der Waals surface area contributed by atoms with Gasteiger partial charge >= 0.3 is 0 Å². The van der Waals surface area contributed by atoms with Gasteiger partial charge in [0.25, 0.3) is 0 Å². The molecule has 2 aliphatic heterocycles. The molecule has 0 N–H and O–H groups in total. The molecular formula is C73H77N3O12S. The average molecular weight is 1220 g/mol. The van der Waals surface area contributed by atoms with E-state index in [9.17, 15) is 0 Å². The zero-order valence-corrected chi connectivity index (χ0v) is 51.0. The summed E-state index contributed by atoms with van der Waals surface area (Å²) in [5, 5.41) is 9.34. The SMILES string of the molecule is COc1ccc(COC[C@H]2O[C@H](OC)[C@H](OCc3ccccc3)[C@@H](OCc3ccccc3)[C@@H]2OCc2ccccc2Cn2cc(CO[C@@H]3[C@@H](OCc4ccccc4)[C@H](OCc4ccccc4)[C@@H](COCc4ccccc4)O[C@H]3Sc3ccccc3)nn2)cc1. The Kier molecular flexibility index (Phi) is 23.7. The minimum atomic E-state index is -0.797. The van der Waals surface area contributed by atoms with Gasteiger partial charge in [-0.05, 0) is 68.8 Å². The Labute approximate surface area is 526 Å². The first-order valence-electron chi connectivity index (χ1n) is 30.2. The molecule has 0 amide bonds. The van der Waals surface area contributed by atoms with Crippen LogP contribution in [0.25, 0.3) is 0 Å². The summed E-state index contributed by atoms with van der Waals surface area (Å²) in [6.07, 6.45) is -3.85. The Bertz CT molecular complexity index is 3430. The predicted molar refractivity (Wildman–Crippen MR) is 338 cm³/mol. The standard InChI is InChI=1S/C73H77N3O12S/c1-77-62-39-37-58(38-40-62)44-80-51-64-66(68(82-46-55-27-13-5-14-28-55)70(72(78-2)87-64)84-48-57-31-17-7-18-32-57)85-49-60-34-22-21-33-59(60)41-76-42-61(74-75-76)50-86-71-69(83-47-56-29-15-6-16-30-56)67(81-45-54-25-11-4-12-26-54)65(52-79-43-53-23-9-3-10-24-53)88-73(71)89-63-35-19-8-20-36-63/h3-40,42,64-73H,41,43-52H2,1-2H3/t64-,65-,66-,67-,68+,69+,70-,71-,72+,73+/m1/s1. The van der Waals surface area contributed by atoms with Gasteiger partial charge in [0.1, 0.15) is 65.7 Å². The van der Waals surface area contributed by atoms with Crippen molar-refractivity contribution in [2.24, 2.45) is 0 Å². The van der Waals surface area contributed by atoms with Crippen molar-refractivity contribution in [1.82, 2.24) is 15.0 Å². The molecule has 0 radical (unpaired) electrons. The zero-order chi connectivity index (χ0) is 60.7. The van der Waals surface area contributed by atoms with Crippen LogP contribution in [0.3, 0.4) is 0 Å². The Morgan fingerprint density at radius 3 is 1.33 bits per heavy atom. The number of methoxy groups -OCH3 is 2. The van der Waals surface area contributed by atoms with E-state index in [0.717, 1.165) is 55.2 Å². The van der Waals surface area contributed by atoms with E-state index >= 15 is 0 Å². The minimum absolute atomic E-state index is 0.111.